The van der Waals surface area contributed by atoms with Crippen LogP contribution in [-0.2, 0) is 14.9 Å². The van der Waals surface area contributed by atoms with Gasteiger partial charge in [-0.3, -0.25) is 4.84 Å². The maximum atomic E-state index is 11.9. The van der Waals surface area contributed by atoms with Crippen molar-refractivity contribution in [3.63, 3.8) is 0 Å². The van der Waals surface area contributed by atoms with E-state index in [0.717, 1.165) is 5.56 Å². The summed E-state index contributed by atoms with van der Waals surface area (Å²) in [5.41, 5.74) is 0.992. The predicted molar refractivity (Wildman–Crippen MR) is 79.4 cm³/mol. The molecular weight excluding hydrogens is 290 g/mol. The van der Waals surface area contributed by atoms with Gasteiger partial charge in [0.2, 0.25) is 0 Å². The average Bonchev–Trinajstić information content (AvgIpc) is 2.48. The van der Waals surface area contributed by atoms with E-state index in [4.69, 9.17) is 9.57 Å². The minimum Gasteiger partial charge on any atom is -0.491 e. The second-order valence-electron chi connectivity index (χ2n) is 4.41. The van der Waals surface area contributed by atoms with Crippen LogP contribution in [0.2, 0.25) is 0 Å². The Labute approximate surface area is 124 Å². The minimum absolute atomic E-state index is 0.111. The van der Waals surface area contributed by atoms with E-state index in [2.05, 4.69) is 4.89 Å². The van der Waals surface area contributed by atoms with Crippen LogP contribution in [0.1, 0.15) is 5.56 Å². The number of hydrogen-bond acceptors (Lipinski definition) is 4. The molecule has 5 nitrogen and oxygen atoms in total. The van der Waals surface area contributed by atoms with Gasteiger partial charge in [0.05, 0.1) is 4.90 Å². The average molecular weight is 307 g/mol. The number of para-hydroxylation sites is 1. The molecule has 0 spiro atoms. The molecule has 0 amide bonds. The SMILES string of the molecule is Cc1ccc(S(=O)(=O)NOCCOc2ccccc2)cc1. The van der Waals surface area contributed by atoms with Gasteiger partial charge in [-0.1, -0.05) is 40.8 Å². The van der Waals surface area contributed by atoms with Gasteiger partial charge >= 0.3 is 0 Å². The Bertz CT molecular complexity index is 654. The second kappa shape index (κ2) is 7.21. The Balaban J connectivity index is 1.76. The fourth-order valence-corrected chi connectivity index (χ4v) is 2.43. The maximum absolute atomic E-state index is 11.9. The van der Waals surface area contributed by atoms with Crippen molar-refractivity contribution in [1.29, 1.82) is 0 Å². The molecule has 0 bridgehead atoms. The summed E-state index contributed by atoms with van der Waals surface area (Å²) in [6.07, 6.45) is 0. The van der Waals surface area contributed by atoms with Crippen LogP contribution in [0, 0.1) is 6.92 Å². The summed E-state index contributed by atoms with van der Waals surface area (Å²) in [7, 11) is -3.65. The van der Waals surface area contributed by atoms with Gasteiger partial charge in [-0.2, -0.15) is 0 Å². The van der Waals surface area contributed by atoms with Crippen LogP contribution in [0.5, 0.6) is 5.75 Å². The molecule has 0 unspecified atom stereocenters. The highest BCUT2D eigenvalue weighted by molar-refractivity contribution is 7.89. The fourth-order valence-electron chi connectivity index (χ4n) is 1.60. The molecule has 1 N–H and O–H groups in total. The van der Waals surface area contributed by atoms with Crippen molar-refractivity contribution in [2.45, 2.75) is 11.8 Å². The lowest BCUT2D eigenvalue weighted by molar-refractivity contribution is 0.0665. The van der Waals surface area contributed by atoms with Gasteiger partial charge in [0.25, 0.3) is 10.0 Å². The number of rotatable bonds is 7. The van der Waals surface area contributed by atoms with E-state index in [9.17, 15) is 8.42 Å². The van der Waals surface area contributed by atoms with E-state index in [1.54, 1.807) is 12.1 Å². The van der Waals surface area contributed by atoms with Crippen molar-refractivity contribution < 1.29 is 18.0 Å². The van der Waals surface area contributed by atoms with Crippen LogP contribution >= 0.6 is 0 Å². The number of nitrogens with one attached hydrogen (secondary N) is 1. The standard InChI is InChI=1S/C15H17NO4S/c1-13-7-9-15(10-8-13)21(17,18)16-20-12-11-19-14-5-3-2-4-6-14/h2-10,16H,11-12H2,1H3. The first kappa shape index (κ1) is 15.5. The Morgan fingerprint density at radius 3 is 2.29 bits per heavy atom. The number of aryl methyl sites for hydroxylation is 1. The van der Waals surface area contributed by atoms with Gasteiger partial charge in [-0.05, 0) is 31.2 Å². The first-order valence-electron chi connectivity index (χ1n) is 6.46. The van der Waals surface area contributed by atoms with Crippen LogP contribution in [0.25, 0.3) is 0 Å². The van der Waals surface area contributed by atoms with Crippen molar-refractivity contribution in [3.8, 4) is 5.75 Å². The normalized spacial score (nSPS) is 11.3. The summed E-state index contributed by atoms with van der Waals surface area (Å²) in [5.74, 6) is 0.711. The molecule has 21 heavy (non-hydrogen) atoms. The smallest absolute Gasteiger partial charge is 0.262 e. The van der Waals surface area contributed by atoms with Gasteiger partial charge in [0.15, 0.2) is 0 Å². The molecule has 0 fully saturated rings. The monoisotopic (exact) mass is 307 g/mol. The summed E-state index contributed by atoms with van der Waals surface area (Å²) in [6, 6.07) is 15.8. The van der Waals surface area contributed by atoms with E-state index in [1.165, 1.54) is 12.1 Å². The third-order valence-corrected chi connectivity index (χ3v) is 3.93. The molecule has 6 heteroatoms. The van der Waals surface area contributed by atoms with Gasteiger partial charge in [-0.25, -0.2) is 8.42 Å². The second-order valence-corrected chi connectivity index (χ2v) is 6.05. The molecule has 2 rings (SSSR count). The zero-order valence-corrected chi connectivity index (χ0v) is 12.5. The molecule has 0 saturated heterocycles. The van der Waals surface area contributed by atoms with E-state index < -0.39 is 10.0 Å². The molecule has 0 heterocycles. The number of ether oxygens (including phenoxy) is 1. The highest BCUT2D eigenvalue weighted by Crippen LogP contribution is 2.10. The number of hydrogen-bond donors (Lipinski definition) is 1. The minimum atomic E-state index is -3.65. The number of benzene rings is 2. The molecule has 0 aliphatic rings. The Morgan fingerprint density at radius 1 is 0.952 bits per heavy atom. The van der Waals surface area contributed by atoms with Crippen LogP contribution in [-0.4, -0.2) is 21.6 Å². The zero-order valence-electron chi connectivity index (χ0n) is 11.7. The maximum Gasteiger partial charge on any atom is 0.262 e. The zero-order chi connectivity index (χ0) is 15.1. The number of sulfonamides is 1. The molecule has 0 aliphatic heterocycles. The molecule has 0 radical (unpaired) electrons. The van der Waals surface area contributed by atoms with Crippen LogP contribution in [0.3, 0.4) is 0 Å². The highest BCUT2D eigenvalue weighted by Gasteiger charge is 2.13. The van der Waals surface area contributed by atoms with Crippen LogP contribution in [0.15, 0.2) is 59.5 Å². The molecule has 0 atom stereocenters. The molecule has 0 saturated carbocycles. The third-order valence-electron chi connectivity index (χ3n) is 2.70. The Morgan fingerprint density at radius 2 is 1.62 bits per heavy atom. The van der Waals surface area contributed by atoms with E-state index in [0.29, 0.717) is 5.75 Å². The first-order valence-corrected chi connectivity index (χ1v) is 7.94. The van der Waals surface area contributed by atoms with Crippen molar-refractivity contribution in [2.24, 2.45) is 0 Å². The molecule has 0 aliphatic carbocycles. The molecule has 0 aromatic heterocycles. The summed E-state index contributed by atoms with van der Waals surface area (Å²) in [5, 5.41) is 0. The molecule has 2 aromatic rings. The Hall–Kier alpha value is -1.89. The summed E-state index contributed by atoms with van der Waals surface area (Å²) < 4.78 is 29.2. The van der Waals surface area contributed by atoms with Crippen molar-refractivity contribution in [1.82, 2.24) is 4.89 Å². The van der Waals surface area contributed by atoms with Gasteiger partial charge in [0.1, 0.15) is 19.0 Å². The molecule has 112 valence electrons. The van der Waals surface area contributed by atoms with Gasteiger partial charge < -0.3 is 4.74 Å². The van der Waals surface area contributed by atoms with Crippen LogP contribution < -0.4 is 9.62 Å². The first-order chi connectivity index (χ1) is 10.1. The highest BCUT2D eigenvalue weighted by atomic mass is 32.2. The van der Waals surface area contributed by atoms with Crippen molar-refractivity contribution in [2.75, 3.05) is 13.2 Å². The van der Waals surface area contributed by atoms with Crippen LogP contribution in [0.4, 0.5) is 0 Å². The lowest BCUT2D eigenvalue weighted by atomic mass is 10.2. The van der Waals surface area contributed by atoms with E-state index in [1.807, 2.05) is 37.3 Å². The third kappa shape index (κ3) is 4.86. The predicted octanol–water partition coefficient (Wildman–Crippen LogP) is 2.28. The van der Waals surface area contributed by atoms with E-state index >= 15 is 0 Å². The summed E-state index contributed by atoms with van der Waals surface area (Å²) >= 11 is 0. The lowest BCUT2D eigenvalue weighted by Crippen LogP contribution is -2.26. The van der Waals surface area contributed by atoms with Gasteiger partial charge in [-0.15, -0.1) is 0 Å². The summed E-state index contributed by atoms with van der Waals surface area (Å²) in [4.78, 5) is 7.18. The molecule has 2 aromatic carbocycles. The fraction of sp³-hybridized carbons (Fsp3) is 0.200. The lowest BCUT2D eigenvalue weighted by Gasteiger charge is -2.08. The topological polar surface area (TPSA) is 64.6 Å². The largest absolute Gasteiger partial charge is 0.491 e. The quantitative estimate of drug-likeness (QED) is 0.629. The van der Waals surface area contributed by atoms with E-state index in [-0.39, 0.29) is 18.1 Å². The van der Waals surface area contributed by atoms with Crippen molar-refractivity contribution >= 4 is 10.0 Å². The van der Waals surface area contributed by atoms with Crippen molar-refractivity contribution in [3.05, 3.63) is 60.2 Å². The van der Waals surface area contributed by atoms with Gasteiger partial charge in [0, 0.05) is 0 Å². The molecular formula is C15H17NO4S. The summed E-state index contributed by atoms with van der Waals surface area (Å²) in [6.45, 7) is 2.25. The Kier molecular flexibility index (Phi) is 5.32.